The van der Waals surface area contributed by atoms with Gasteiger partial charge < -0.3 is 14.8 Å². The molecule has 0 aromatic heterocycles. The standard InChI is InChI=1S/C22H23N3O5S/c23-14-18-3-1-2-4-21(18)31(27,28)25-9-7-17(8-10-25)22(26)24-15-16-5-6-19-20(13-16)30-12-11-29-19/h1-6,13,17H,7-12,15H2,(H,24,26). The fourth-order valence-electron chi connectivity index (χ4n) is 3.81. The molecule has 2 aliphatic heterocycles. The van der Waals surface area contributed by atoms with Gasteiger partial charge in [0, 0.05) is 25.6 Å². The van der Waals surface area contributed by atoms with E-state index in [0.29, 0.717) is 44.1 Å². The molecule has 1 saturated heterocycles. The molecule has 8 nitrogen and oxygen atoms in total. The van der Waals surface area contributed by atoms with Crippen LogP contribution in [0.3, 0.4) is 0 Å². The van der Waals surface area contributed by atoms with E-state index in [9.17, 15) is 18.5 Å². The Hall–Kier alpha value is -3.09. The van der Waals surface area contributed by atoms with Crippen LogP contribution in [-0.4, -0.2) is 44.9 Å². The summed E-state index contributed by atoms with van der Waals surface area (Å²) in [6.07, 6.45) is 0.863. The molecule has 2 aromatic carbocycles. The van der Waals surface area contributed by atoms with Gasteiger partial charge in [-0.2, -0.15) is 9.57 Å². The van der Waals surface area contributed by atoms with E-state index in [1.807, 2.05) is 24.3 Å². The van der Waals surface area contributed by atoms with Crippen molar-refractivity contribution in [3.63, 3.8) is 0 Å². The average molecular weight is 442 g/mol. The molecule has 2 aromatic rings. The minimum absolute atomic E-state index is 0.0130. The molecule has 1 fully saturated rings. The Morgan fingerprint density at radius 2 is 1.81 bits per heavy atom. The van der Waals surface area contributed by atoms with Gasteiger partial charge in [-0.25, -0.2) is 8.42 Å². The number of sulfonamides is 1. The normalized spacial score (nSPS) is 17.0. The van der Waals surface area contributed by atoms with Crippen LogP contribution in [0.1, 0.15) is 24.0 Å². The maximum Gasteiger partial charge on any atom is 0.244 e. The molecule has 9 heteroatoms. The Kier molecular flexibility index (Phi) is 6.11. The van der Waals surface area contributed by atoms with Crippen LogP contribution < -0.4 is 14.8 Å². The summed E-state index contributed by atoms with van der Waals surface area (Å²) in [6.45, 7) is 1.88. The van der Waals surface area contributed by atoms with E-state index in [-0.39, 0.29) is 35.4 Å². The molecule has 4 rings (SSSR count). The van der Waals surface area contributed by atoms with Gasteiger partial charge in [-0.3, -0.25) is 4.79 Å². The topological polar surface area (TPSA) is 109 Å². The van der Waals surface area contributed by atoms with Crippen LogP contribution in [-0.2, 0) is 21.4 Å². The molecule has 1 N–H and O–H groups in total. The number of benzene rings is 2. The molecule has 2 heterocycles. The van der Waals surface area contributed by atoms with E-state index in [1.165, 1.54) is 16.4 Å². The molecule has 0 saturated carbocycles. The number of fused-ring (bicyclic) bond motifs is 1. The summed E-state index contributed by atoms with van der Waals surface area (Å²) >= 11 is 0. The third kappa shape index (κ3) is 4.50. The predicted molar refractivity (Wildman–Crippen MR) is 112 cm³/mol. The number of piperidine rings is 1. The van der Waals surface area contributed by atoms with Gasteiger partial charge in [0.2, 0.25) is 15.9 Å². The molecule has 2 aliphatic rings. The van der Waals surface area contributed by atoms with Crippen molar-refractivity contribution >= 4 is 15.9 Å². The first-order valence-corrected chi connectivity index (χ1v) is 11.6. The van der Waals surface area contributed by atoms with E-state index < -0.39 is 10.0 Å². The van der Waals surface area contributed by atoms with Crippen LogP contribution in [0, 0.1) is 17.2 Å². The van der Waals surface area contributed by atoms with E-state index in [0.717, 1.165) is 5.56 Å². The van der Waals surface area contributed by atoms with Gasteiger partial charge >= 0.3 is 0 Å². The molecular weight excluding hydrogens is 418 g/mol. The lowest BCUT2D eigenvalue weighted by Gasteiger charge is -2.30. The first kappa shape index (κ1) is 21.2. The summed E-state index contributed by atoms with van der Waals surface area (Å²) in [5.41, 5.74) is 1.03. The Balaban J connectivity index is 1.33. The van der Waals surface area contributed by atoms with Crippen LogP contribution in [0.5, 0.6) is 11.5 Å². The molecule has 0 unspecified atom stereocenters. The molecule has 162 valence electrons. The minimum atomic E-state index is -3.76. The molecule has 0 spiro atoms. The number of carbonyl (C=O) groups is 1. The lowest BCUT2D eigenvalue weighted by Crippen LogP contribution is -2.43. The number of hydrogen-bond acceptors (Lipinski definition) is 6. The number of nitrogens with zero attached hydrogens (tertiary/aromatic N) is 2. The fourth-order valence-corrected chi connectivity index (χ4v) is 5.42. The number of ether oxygens (including phenoxy) is 2. The van der Waals surface area contributed by atoms with Crippen molar-refractivity contribution in [2.45, 2.75) is 24.3 Å². The van der Waals surface area contributed by atoms with Crippen molar-refractivity contribution in [2.24, 2.45) is 5.92 Å². The molecule has 0 atom stereocenters. The number of nitrogens with one attached hydrogen (secondary N) is 1. The Morgan fingerprint density at radius 3 is 2.55 bits per heavy atom. The van der Waals surface area contributed by atoms with E-state index in [1.54, 1.807) is 12.1 Å². The lowest BCUT2D eigenvalue weighted by atomic mass is 9.97. The highest BCUT2D eigenvalue weighted by Crippen LogP contribution is 2.31. The lowest BCUT2D eigenvalue weighted by molar-refractivity contribution is -0.126. The summed E-state index contributed by atoms with van der Waals surface area (Å²) in [4.78, 5) is 12.6. The highest BCUT2D eigenvalue weighted by atomic mass is 32.2. The highest BCUT2D eigenvalue weighted by Gasteiger charge is 2.33. The minimum Gasteiger partial charge on any atom is -0.486 e. The average Bonchev–Trinajstić information content (AvgIpc) is 2.82. The van der Waals surface area contributed by atoms with Crippen molar-refractivity contribution in [1.82, 2.24) is 9.62 Å². The second kappa shape index (κ2) is 8.96. The SMILES string of the molecule is N#Cc1ccccc1S(=O)(=O)N1CCC(C(=O)NCc2ccc3c(c2)OCCO3)CC1. The second-order valence-electron chi connectivity index (χ2n) is 7.48. The van der Waals surface area contributed by atoms with Crippen molar-refractivity contribution in [3.8, 4) is 17.6 Å². The Morgan fingerprint density at radius 1 is 1.10 bits per heavy atom. The van der Waals surface area contributed by atoms with Gasteiger partial charge in [0.15, 0.2) is 11.5 Å². The molecule has 0 bridgehead atoms. The molecular formula is C22H23N3O5S. The molecule has 1 amide bonds. The Labute approximate surface area is 181 Å². The van der Waals surface area contributed by atoms with Crippen LogP contribution in [0.4, 0.5) is 0 Å². The van der Waals surface area contributed by atoms with Crippen LogP contribution in [0.25, 0.3) is 0 Å². The molecule has 31 heavy (non-hydrogen) atoms. The maximum atomic E-state index is 12.9. The van der Waals surface area contributed by atoms with Crippen molar-refractivity contribution < 1.29 is 22.7 Å². The number of rotatable bonds is 5. The van der Waals surface area contributed by atoms with Crippen molar-refractivity contribution in [1.29, 1.82) is 5.26 Å². The van der Waals surface area contributed by atoms with Crippen molar-refractivity contribution in [3.05, 3.63) is 53.6 Å². The number of nitriles is 1. The monoisotopic (exact) mass is 441 g/mol. The van der Waals surface area contributed by atoms with Gasteiger partial charge in [-0.05, 0) is 42.7 Å². The summed E-state index contributed by atoms with van der Waals surface area (Å²) in [7, 11) is -3.76. The summed E-state index contributed by atoms with van der Waals surface area (Å²) < 4.78 is 38.3. The maximum absolute atomic E-state index is 12.9. The quantitative estimate of drug-likeness (QED) is 0.761. The third-order valence-corrected chi connectivity index (χ3v) is 7.48. The smallest absolute Gasteiger partial charge is 0.244 e. The summed E-state index contributed by atoms with van der Waals surface area (Å²) in [5.74, 6) is 1.03. The zero-order valence-electron chi connectivity index (χ0n) is 16.9. The Bertz CT molecular complexity index is 1120. The van der Waals surface area contributed by atoms with Gasteiger partial charge in [-0.1, -0.05) is 18.2 Å². The zero-order valence-corrected chi connectivity index (χ0v) is 17.7. The second-order valence-corrected chi connectivity index (χ2v) is 9.39. The van der Waals surface area contributed by atoms with E-state index in [4.69, 9.17) is 9.47 Å². The third-order valence-electron chi connectivity index (χ3n) is 5.52. The van der Waals surface area contributed by atoms with Crippen LogP contribution in [0.2, 0.25) is 0 Å². The number of carbonyl (C=O) groups excluding carboxylic acids is 1. The van der Waals surface area contributed by atoms with E-state index in [2.05, 4.69) is 5.32 Å². The first-order chi connectivity index (χ1) is 15.0. The molecule has 0 aliphatic carbocycles. The van der Waals surface area contributed by atoms with Crippen LogP contribution in [0.15, 0.2) is 47.4 Å². The number of amides is 1. The van der Waals surface area contributed by atoms with Gasteiger partial charge in [0.25, 0.3) is 0 Å². The molecule has 0 radical (unpaired) electrons. The largest absolute Gasteiger partial charge is 0.486 e. The zero-order chi connectivity index (χ0) is 21.8. The summed E-state index contributed by atoms with van der Waals surface area (Å²) in [6, 6.07) is 13.7. The summed E-state index contributed by atoms with van der Waals surface area (Å²) in [5, 5.41) is 12.1. The van der Waals surface area contributed by atoms with E-state index >= 15 is 0 Å². The predicted octanol–water partition coefficient (Wildman–Crippen LogP) is 2.05. The van der Waals surface area contributed by atoms with Gasteiger partial charge in [-0.15, -0.1) is 0 Å². The van der Waals surface area contributed by atoms with Crippen molar-refractivity contribution in [2.75, 3.05) is 26.3 Å². The van der Waals surface area contributed by atoms with Gasteiger partial charge in [0.1, 0.15) is 19.3 Å². The highest BCUT2D eigenvalue weighted by molar-refractivity contribution is 7.89. The fraction of sp³-hybridized carbons (Fsp3) is 0.364. The number of hydrogen-bond donors (Lipinski definition) is 1. The first-order valence-electron chi connectivity index (χ1n) is 10.1. The van der Waals surface area contributed by atoms with Gasteiger partial charge in [0.05, 0.1) is 10.5 Å². The van der Waals surface area contributed by atoms with Crippen LogP contribution >= 0.6 is 0 Å².